The van der Waals surface area contributed by atoms with Crippen molar-refractivity contribution in [3.63, 3.8) is 0 Å². The van der Waals surface area contributed by atoms with Crippen molar-refractivity contribution in [2.45, 2.75) is 5.92 Å². The maximum atomic E-state index is 13.5. The second-order valence-electron chi connectivity index (χ2n) is 5.06. The van der Waals surface area contributed by atoms with Crippen LogP contribution in [0.5, 0.6) is 0 Å². The maximum absolute atomic E-state index is 13.5. The molecule has 0 saturated heterocycles. The minimum atomic E-state index is -3.66. The van der Waals surface area contributed by atoms with Crippen LogP contribution in [-0.4, -0.2) is 15.7 Å². The van der Waals surface area contributed by atoms with Gasteiger partial charge in [-0.25, -0.2) is 0 Å². The molecule has 0 aliphatic rings. The normalized spacial score (nSPS) is 11.8. The number of primary amides is 1. The van der Waals surface area contributed by atoms with Gasteiger partial charge in [-0.15, -0.1) is 0 Å². The Morgan fingerprint density at radius 3 is 2.41 bits per heavy atom. The molecule has 6 heteroatoms. The molecule has 0 fully saturated rings. The van der Waals surface area contributed by atoms with Crippen LogP contribution in [0.2, 0.25) is 0 Å². The smallest absolute Gasteiger partial charge is 0.349 e. The molecule has 0 spiro atoms. The van der Waals surface area contributed by atoms with Gasteiger partial charge in [-0.2, -0.15) is 13.9 Å². The quantitative estimate of drug-likeness (QED) is 0.808. The van der Waals surface area contributed by atoms with E-state index in [1.165, 1.54) is 12.1 Å². The number of fused-ring (bicyclic) bond motifs is 1. The molecule has 22 heavy (non-hydrogen) atoms. The van der Waals surface area contributed by atoms with Crippen LogP contribution in [0.15, 0.2) is 48.7 Å². The molecule has 3 rings (SSSR count). The zero-order valence-electron chi connectivity index (χ0n) is 11.8. The van der Waals surface area contributed by atoms with E-state index >= 15 is 0 Å². The van der Waals surface area contributed by atoms with Crippen LogP contribution in [0, 0.1) is 0 Å². The minimum absolute atomic E-state index is 0.411. The van der Waals surface area contributed by atoms with Crippen LogP contribution < -0.4 is 5.73 Å². The third-order valence-electron chi connectivity index (χ3n) is 3.64. The Morgan fingerprint density at radius 1 is 1.14 bits per heavy atom. The van der Waals surface area contributed by atoms with Crippen molar-refractivity contribution < 1.29 is 13.6 Å². The lowest BCUT2D eigenvalue weighted by atomic mass is 10.0. The average molecular weight is 301 g/mol. The van der Waals surface area contributed by atoms with Gasteiger partial charge in [0.05, 0.1) is 11.7 Å². The number of halogens is 2. The van der Waals surface area contributed by atoms with Gasteiger partial charge in [0.15, 0.2) is 0 Å². The van der Waals surface area contributed by atoms with Gasteiger partial charge in [-0.1, -0.05) is 30.3 Å². The predicted molar refractivity (Wildman–Crippen MR) is 79.2 cm³/mol. The van der Waals surface area contributed by atoms with Crippen LogP contribution >= 0.6 is 0 Å². The van der Waals surface area contributed by atoms with E-state index in [2.05, 4.69) is 5.10 Å². The number of alkyl halides is 2. The standard InChI is InChI=1S/C16H13F2N3O/c1-21-14-7-4-11(8-12(14)9-20-21)10-2-5-13(6-3-10)16(17,18)15(19)22/h2-9H,1H3,(H2,19,22). The highest BCUT2D eigenvalue weighted by Gasteiger charge is 2.38. The minimum Gasteiger partial charge on any atom is -0.364 e. The molecular weight excluding hydrogens is 288 g/mol. The second kappa shape index (κ2) is 4.91. The van der Waals surface area contributed by atoms with E-state index in [0.717, 1.165) is 22.0 Å². The molecular formula is C16H13F2N3O. The number of amides is 1. The van der Waals surface area contributed by atoms with Gasteiger partial charge in [0.2, 0.25) is 0 Å². The number of hydrogen-bond donors (Lipinski definition) is 1. The fourth-order valence-corrected chi connectivity index (χ4v) is 2.36. The molecule has 1 aromatic heterocycles. The summed E-state index contributed by atoms with van der Waals surface area (Å²) in [7, 11) is 1.85. The van der Waals surface area contributed by atoms with E-state index in [1.54, 1.807) is 23.0 Å². The zero-order valence-corrected chi connectivity index (χ0v) is 11.8. The molecule has 1 heterocycles. The van der Waals surface area contributed by atoms with Crippen LogP contribution in [-0.2, 0) is 17.8 Å². The summed E-state index contributed by atoms with van der Waals surface area (Å²) in [4.78, 5) is 10.8. The number of nitrogens with zero attached hydrogens (tertiary/aromatic N) is 2. The summed E-state index contributed by atoms with van der Waals surface area (Å²) in [6.07, 6.45) is 1.74. The topological polar surface area (TPSA) is 60.9 Å². The first kappa shape index (κ1) is 14.2. The maximum Gasteiger partial charge on any atom is 0.349 e. The van der Waals surface area contributed by atoms with E-state index in [4.69, 9.17) is 5.73 Å². The molecule has 3 aromatic rings. The molecule has 2 N–H and O–H groups in total. The molecule has 0 atom stereocenters. The van der Waals surface area contributed by atoms with E-state index in [0.29, 0.717) is 0 Å². The van der Waals surface area contributed by atoms with Gasteiger partial charge in [0, 0.05) is 18.0 Å². The summed E-state index contributed by atoms with van der Waals surface area (Å²) in [5.74, 6) is -5.32. The van der Waals surface area contributed by atoms with Gasteiger partial charge in [0.1, 0.15) is 0 Å². The Labute approximate surface area is 125 Å². The predicted octanol–water partition coefficient (Wildman–Crippen LogP) is 2.82. The molecule has 1 amide bonds. The van der Waals surface area contributed by atoms with Crippen molar-refractivity contribution in [2.75, 3.05) is 0 Å². The van der Waals surface area contributed by atoms with Crippen molar-refractivity contribution in [1.29, 1.82) is 0 Å². The Balaban J connectivity index is 1.99. The SMILES string of the molecule is Cn1ncc2cc(-c3ccc(C(F)(F)C(N)=O)cc3)ccc21. The Hall–Kier alpha value is -2.76. The van der Waals surface area contributed by atoms with Gasteiger partial charge < -0.3 is 5.73 Å². The Kier molecular flexibility index (Phi) is 3.16. The number of carbonyl (C=O) groups is 1. The molecule has 0 aliphatic heterocycles. The number of benzene rings is 2. The molecule has 0 bridgehead atoms. The van der Waals surface area contributed by atoms with Crippen LogP contribution in [0.25, 0.3) is 22.0 Å². The van der Waals surface area contributed by atoms with Gasteiger partial charge >= 0.3 is 5.92 Å². The average Bonchev–Trinajstić information content (AvgIpc) is 2.88. The van der Waals surface area contributed by atoms with Crippen molar-refractivity contribution in [1.82, 2.24) is 9.78 Å². The summed E-state index contributed by atoms with van der Waals surface area (Å²) < 4.78 is 28.8. The largest absolute Gasteiger partial charge is 0.364 e. The van der Waals surface area contributed by atoms with E-state index in [9.17, 15) is 13.6 Å². The summed E-state index contributed by atoms with van der Waals surface area (Å²) >= 11 is 0. The second-order valence-corrected chi connectivity index (χ2v) is 5.06. The van der Waals surface area contributed by atoms with Gasteiger partial charge in [-0.3, -0.25) is 9.48 Å². The Morgan fingerprint density at radius 2 is 1.77 bits per heavy atom. The first-order valence-corrected chi connectivity index (χ1v) is 6.60. The molecule has 0 radical (unpaired) electrons. The van der Waals surface area contributed by atoms with Crippen LogP contribution in [0.1, 0.15) is 5.56 Å². The molecule has 0 aliphatic carbocycles. The summed E-state index contributed by atoms with van der Waals surface area (Å²) in [6, 6.07) is 11.3. The lowest BCUT2D eigenvalue weighted by molar-refractivity contribution is -0.143. The number of carbonyl (C=O) groups excluding carboxylic acids is 1. The van der Waals surface area contributed by atoms with Crippen molar-refractivity contribution in [2.24, 2.45) is 12.8 Å². The lowest BCUT2D eigenvalue weighted by Gasteiger charge is -2.13. The van der Waals surface area contributed by atoms with Crippen molar-refractivity contribution >= 4 is 16.8 Å². The summed E-state index contributed by atoms with van der Waals surface area (Å²) in [5, 5.41) is 5.13. The first-order chi connectivity index (χ1) is 10.4. The highest BCUT2D eigenvalue weighted by molar-refractivity contribution is 5.85. The van der Waals surface area contributed by atoms with Crippen molar-refractivity contribution in [3.05, 3.63) is 54.2 Å². The van der Waals surface area contributed by atoms with Gasteiger partial charge in [0.25, 0.3) is 5.91 Å². The number of aryl methyl sites for hydroxylation is 1. The van der Waals surface area contributed by atoms with E-state index in [1.807, 2.05) is 25.2 Å². The first-order valence-electron chi connectivity index (χ1n) is 6.60. The third-order valence-corrected chi connectivity index (χ3v) is 3.64. The monoisotopic (exact) mass is 301 g/mol. The molecule has 112 valence electrons. The van der Waals surface area contributed by atoms with Crippen molar-refractivity contribution in [3.8, 4) is 11.1 Å². The highest BCUT2D eigenvalue weighted by Crippen LogP contribution is 2.30. The fourth-order valence-electron chi connectivity index (χ4n) is 2.36. The number of hydrogen-bond acceptors (Lipinski definition) is 2. The summed E-state index contributed by atoms with van der Waals surface area (Å²) in [5.41, 5.74) is 6.95. The molecule has 0 unspecified atom stereocenters. The number of aromatic nitrogens is 2. The number of rotatable bonds is 3. The molecule has 4 nitrogen and oxygen atoms in total. The van der Waals surface area contributed by atoms with E-state index in [-0.39, 0.29) is 0 Å². The highest BCUT2D eigenvalue weighted by atomic mass is 19.3. The Bertz CT molecular complexity index is 853. The lowest BCUT2D eigenvalue weighted by Crippen LogP contribution is -2.32. The van der Waals surface area contributed by atoms with Crippen LogP contribution in [0.3, 0.4) is 0 Å². The zero-order chi connectivity index (χ0) is 15.9. The fraction of sp³-hybridized carbons (Fsp3) is 0.125. The van der Waals surface area contributed by atoms with Crippen LogP contribution in [0.4, 0.5) is 8.78 Å². The molecule has 2 aromatic carbocycles. The number of nitrogens with two attached hydrogens (primary N) is 1. The van der Waals surface area contributed by atoms with E-state index < -0.39 is 17.4 Å². The third kappa shape index (κ3) is 2.22. The molecule has 0 saturated carbocycles. The summed E-state index contributed by atoms with van der Waals surface area (Å²) in [6.45, 7) is 0. The van der Waals surface area contributed by atoms with Gasteiger partial charge in [-0.05, 0) is 23.3 Å².